The highest BCUT2D eigenvalue weighted by molar-refractivity contribution is 6.30. The van der Waals surface area contributed by atoms with Crippen LogP contribution in [0.5, 0.6) is 0 Å². The first-order valence-corrected chi connectivity index (χ1v) is 8.94. The van der Waals surface area contributed by atoms with E-state index in [0.29, 0.717) is 11.0 Å². The molecule has 1 N–H and O–H groups in total. The van der Waals surface area contributed by atoms with E-state index in [-0.39, 0.29) is 0 Å². The third-order valence-corrected chi connectivity index (χ3v) is 4.55. The fourth-order valence-electron chi connectivity index (χ4n) is 2.91. The summed E-state index contributed by atoms with van der Waals surface area (Å²) in [6, 6.07) is 17.8. The Labute approximate surface area is 157 Å². The number of anilines is 3. The van der Waals surface area contributed by atoms with Crippen LogP contribution in [-0.2, 0) is 4.74 Å². The first kappa shape index (κ1) is 16.8. The summed E-state index contributed by atoms with van der Waals surface area (Å²) >= 11 is 5.95. The van der Waals surface area contributed by atoms with Gasteiger partial charge in [0.15, 0.2) is 0 Å². The Morgan fingerprint density at radius 2 is 1.65 bits per heavy atom. The summed E-state index contributed by atoms with van der Waals surface area (Å²) < 4.78 is 5.40. The molecule has 1 aromatic heterocycles. The molecular weight excluding hydrogens is 348 g/mol. The van der Waals surface area contributed by atoms with E-state index < -0.39 is 0 Å². The predicted octanol–water partition coefficient (Wildman–Crippen LogP) is 4.38. The quantitative estimate of drug-likeness (QED) is 0.742. The van der Waals surface area contributed by atoms with Crippen LogP contribution in [-0.4, -0.2) is 36.3 Å². The molecule has 2 heterocycles. The number of nitrogens with one attached hydrogen (secondary N) is 1. The lowest BCUT2D eigenvalue weighted by molar-refractivity contribution is 0.122. The number of aromatic nitrogens is 2. The SMILES string of the molecule is Clc1ccc(-c2ccnc(Nc3ccc(N4CCOCC4)cc3)n2)cc1. The van der Waals surface area contributed by atoms with E-state index in [1.165, 1.54) is 5.69 Å². The molecule has 1 aliphatic heterocycles. The second-order valence-corrected chi connectivity index (χ2v) is 6.48. The molecule has 1 saturated heterocycles. The van der Waals surface area contributed by atoms with Gasteiger partial charge in [0.05, 0.1) is 18.9 Å². The maximum Gasteiger partial charge on any atom is 0.227 e. The van der Waals surface area contributed by atoms with Crippen LogP contribution in [0.15, 0.2) is 60.8 Å². The molecule has 0 atom stereocenters. The van der Waals surface area contributed by atoms with Gasteiger partial charge in [-0.25, -0.2) is 9.97 Å². The van der Waals surface area contributed by atoms with Crippen molar-refractivity contribution in [2.24, 2.45) is 0 Å². The second-order valence-electron chi connectivity index (χ2n) is 6.04. The molecule has 0 aliphatic carbocycles. The van der Waals surface area contributed by atoms with E-state index in [1.807, 2.05) is 42.5 Å². The lowest BCUT2D eigenvalue weighted by Crippen LogP contribution is -2.36. The predicted molar refractivity (Wildman–Crippen MR) is 105 cm³/mol. The van der Waals surface area contributed by atoms with Gasteiger partial charge in [-0.1, -0.05) is 23.7 Å². The van der Waals surface area contributed by atoms with Gasteiger partial charge in [0.2, 0.25) is 5.95 Å². The molecule has 0 radical (unpaired) electrons. The van der Waals surface area contributed by atoms with Crippen LogP contribution in [0.1, 0.15) is 0 Å². The Hall–Kier alpha value is -2.63. The third-order valence-electron chi connectivity index (χ3n) is 4.30. The van der Waals surface area contributed by atoms with Crippen molar-refractivity contribution in [3.05, 3.63) is 65.8 Å². The Kier molecular flexibility index (Phi) is 5.00. The summed E-state index contributed by atoms with van der Waals surface area (Å²) in [5.74, 6) is 0.566. The monoisotopic (exact) mass is 366 g/mol. The van der Waals surface area contributed by atoms with Gasteiger partial charge in [-0.2, -0.15) is 0 Å². The number of hydrogen-bond acceptors (Lipinski definition) is 5. The topological polar surface area (TPSA) is 50.3 Å². The van der Waals surface area contributed by atoms with Crippen molar-refractivity contribution < 1.29 is 4.74 Å². The summed E-state index contributed by atoms with van der Waals surface area (Å²) in [5.41, 5.74) is 4.01. The molecule has 26 heavy (non-hydrogen) atoms. The summed E-state index contributed by atoms with van der Waals surface area (Å²) in [5, 5.41) is 3.97. The molecule has 132 valence electrons. The van der Waals surface area contributed by atoms with Gasteiger partial charge in [-0.05, 0) is 42.5 Å². The Morgan fingerprint density at radius 1 is 0.923 bits per heavy atom. The van der Waals surface area contributed by atoms with Crippen LogP contribution in [0.4, 0.5) is 17.3 Å². The number of benzene rings is 2. The van der Waals surface area contributed by atoms with Crippen molar-refractivity contribution in [2.75, 3.05) is 36.5 Å². The minimum absolute atomic E-state index is 0.566. The van der Waals surface area contributed by atoms with Gasteiger partial charge >= 0.3 is 0 Å². The average molecular weight is 367 g/mol. The first-order valence-electron chi connectivity index (χ1n) is 8.57. The fraction of sp³-hybridized carbons (Fsp3) is 0.200. The number of rotatable bonds is 4. The summed E-state index contributed by atoms with van der Waals surface area (Å²) in [6.07, 6.45) is 1.75. The molecule has 1 fully saturated rings. The van der Waals surface area contributed by atoms with E-state index in [9.17, 15) is 0 Å². The zero-order valence-corrected chi connectivity index (χ0v) is 15.0. The number of nitrogens with zero attached hydrogens (tertiary/aromatic N) is 3. The van der Waals surface area contributed by atoms with E-state index >= 15 is 0 Å². The largest absolute Gasteiger partial charge is 0.378 e. The van der Waals surface area contributed by atoms with Crippen molar-refractivity contribution in [3.8, 4) is 11.3 Å². The van der Waals surface area contributed by atoms with Crippen LogP contribution in [0, 0.1) is 0 Å². The van der Waals surface area contributed by atoms with Gasteiger partial charge in [0, 0.05) is 41.2 Å². The number of ether oxygens (including phenoxy) is 1. The second kappa shape index (κ2) is 7.72. The lowest BCUT2D eigenvalue weighted by atomic mass is 10.1. The number of halogens is 1. The Morgan fingerprint density at radius 3 is 2.38 bits per heavy atom. The first-order chi connectivity index (χ1) is 12.8. The average Bonchev–Trinajstić information content (AvgIpc) is 2.70. The molecule has 0 spiro atoms. The highest BCUT2D eigenvalue weighted by Crippen LogP contribution is 2.23. The normalized spacial score (nSPS) is 14.3. The maximum absolute atomic E-state index is 5.95. The van der Waals surface area contributed by atoms with E-state index in [0.717, 1.165) is 43.2 Å². The van der Waals surface area contributed by atoms with Crippen LogP contribution in [0.3, 0.4) is 0 Å². The van der Waals surface area contributed by atoms with Crippen LogP contribution < -0.4 is 10.2 Å². The van der Waals surface area contributed by atoms with E-state index in [1.54, 1.807) is 6.20 Å². The van der Waals surface area contributed by atoms with Gasteiger partial charge < -0.3 is 15.0 Å². The zero-order valence-electron chi connectivity index (χ0n) is 14.2. The van der Waals surface area contributed by atoms with Crippen molar-refractivity contribution in [3.63, 3.8) is 0 Å². The van der Waals surface area contributed by atoms with E-state index in [2.05, 4.69) is 32.3 Å². The highest BCUT2D eigenvalue weighted by atomic mass is 35.5. The van der Waals surface area contributed by atoms with Gasteiger partial charge in [0.1, 0.15) is 0 Å². The molecule has 1 aliphatic rings. The zero-order chi connectivity index (χ0) is 17.8. The van der Waals surface area contributed by atoms with Crippen LogP contribution in [0.2, 0.25) is 5.02 Å². The molecule has 2 aromatic carbocycles. The molecule has 5 nitrogen and oxygen atoms in total. The molecule has 0 amide bonds. The van der Waals surface area contributed by atoms with Crippen molar-refractivity contribution >= 4 is 28.9 Å². The molecular formula is C20H19ClN4O. The minimum atomic E-state index is 0.566. The summed E-state index contributed by atoms with van der Waals surface area (Å²) in [6.45, 7) is 3.43. The Bertz CT molecular complexity index is 862. The number of morpholine rings is 1. The molecule has 0 saturated carbocycles. The lowest BCUT2D eigenvalue weighted by Gasteiger charge is -2.28. The molecule has 4 rings (SSSR count). The summed E-state index contributed by atoms with van der Waals surface area (Å²) in [7, 11) is 0. The minimum Gasteiger partial charge on any atom is -0.378 e. The smallest absolute Gasteiger partial charge is 0.227 e. The van der Waals surface area contributed by atoms with Gasteiger partial charge in [0.25, 0.3) is 0 Å². The van der Waals surface area contributed by atoms with E-state index in [4.69, 9.17) is 16.3 Å². The van der Waals surface area contributed by atoms with Crippen molar-refractivity contribution in [1.82, 2.24) is 9.97 Å². The molecule has 3 aromatic rings. The highest BCUT2D eigenvalue weighted by Gasteiger charge is 2.11. The van der Waals surface area contributed by atoms with Crippen molar-refractivity contribution in [2.45, 2.75) is 0 Å². The molecule has 0 unspecified atom stereocenters. The third kappa shape index (κ3) is 3.95. The maximum atomic E-state index is 5.95. The van der Waals surface area contributed by atoms with Crippen molar-refractivity contribution in [1.29, 1.82) is 0 Å². The van der Waals surface area contributed by atoms with Crippen LogP contribution in [0.25, 0.3) is 11.3 Å². The van der Waals surface area contributed by atoms with Gasteiger partial charge in [-0.3, -0.25) is 0 Å². The standard InChI is InChI=1S/C20H19ClN4O/c21-16-3-1-15(2-4-16)19-9-10-22-20(24-19)23-17-5-7-18(8-6-17)25-11-13-26-14-12-25/h1-10H,11-14H2,(H,22,23,24). The van der Waals surface area contributed by atoms with Crippen LogP contribution >= 0.6 is 11.6 Å². The van der Waals surface area contributed by atoms with Gasteiger partial charge in [-0.15, -0.1) is 0 Å². The fourth-order valence-corrected chi connectivity index (χ4v) is 3.03. The molecule has 0 bridgehead atoms. The Balaban J connectivity index is 1.48. The molecule has 6 heteroatoms. The number of hydrogen-bond donors (Lipinski definition) is 1. The summed E-state index contributed by atoms with van der Waals surface area (Å²) in [4.78, 5) is 11.2.